The summed E-state index contributed by atoms with van der Waals surface area (Å²) >= 11 is 5.57. The summed E-state index contributed by atoms with van der Waals surface area (Å²) < 4.78 is 27.8. The molecule has 370 valence electrons. The van der Waals surface area contributed by atoms with Gasteiger partial charge in [-0.3, -0.25) is 4.84 Å². The van der Waals surface area contributed by atoms with Crippen molar-refractivity contribution >= 4 is 45.8 Å². The third kappa shape index (κ3) is 8.36. The summed E-state index contributed by atoms with van der Waals surface area (Å²) in [4.78, 5) is 14.2. The van der Waals surface area contributed by atoms with Crippen LogP contribution in [0.2, 0.25) is 0 Å². The Kier molecular flexibility index (Phi) is 14.4. The summed E-state index contributed by atoms with van der Waals surface area (Å²) in [6.45, 7) is 3.47. The summed E-state index contributed by atoms with van der Waals surface area (Å²) in [5.41, 5.74) is 10.3. The molecule has 1 aromatic carbocycles. The number of halogens is 1. The van der Waals surface area contributed by atoms with E-state index in [4.69, 9.17) is 42.2 Å². The van der Waals surface area contributed by atoms with Gasteiger partial charge in [0.25, 0.3) is 0 Å². The minimum absolute atomic E-state index is 0.0399. The lowest BCUT2D eigenvalue weighted by atomic mass is 9.87. The van der Waals surface area contributed by atoms with Gasteiger partial charge in [0.05, 0.1) is 43.0 Å². The first kappa shape index (κ1) is 50.2. The number of nitrogen functional groups attached to an aromatic ring is 2. The first-order valence-electron chi connectivity index (χ1n) is 22.0. The maximum atomic E-state index is 10.3. The molecule has 0 amide bonds. The highest BCUT2D eigenvalue weighted by atomic mass is 35.5. The van der Waals surface area contributed by atoms with Gasteiger partial charge in [0.2, 0.25) is 16.8 Å². The molecular formula is C45H48ClN15O10. The quantitative estimate of drug-likeness (QED) is 0.0834. The Labute approximate surface area is 408 Å². The molecule has 25 nitrogen and oxygen atoms in total. The molecule has 7 aromatic rings. The molecule has 12 atom stereocenters. The van der Waals surface area contributed by atoms with Crippen molar-refractivity contribution in [2.45, 2.75) is 92.5 Å². The molecule has 0 saturated carbocycles. The van der Waals surface area contributed by atoms with Crippen LogP contribution in [0.5, 0.6) is 0 Å². The summed E-state index contributed by atoms with van der Waals surface area (Å²) in [5, 5.41) is 100. The van der Waals surface area contributed by atoms with E-state index in [-0.39, 0.29) is 29.2 Å². The second-order valence-corrected chi connectivity index (χ2v) is 17.0. The fraction of sp³-hybridized carbons (Fsp3) is 0.400. The number of nitrogens with one attached hydrogen (secondary N) is 1. The Morgan fingerprint density at radius 2 is 1.10 bits per heavy atom. The Bertz CT molecular complexity index is 3140. The smallest absolute Gasteiger partial charge is 0.225 e. The van der Waals surface area contributed by atoms with Crippen LogP contribution in [0.3, 0.4) is 0 Å². The molecule has 3 fully saturated rings. The van der Waals surface area contributed by atoms with E-state index in [0.29, 0.717) is 40.5 Å². The van der Waals surface area contributed by atoms with Gasteiger partial charge in [0, 0.05) is 17.7 Å². The van der Waals surface area contributed by atoms with Gasteiger partial charge in [-0.1, -0.05) is 44.2 Å². The Hall–Kier alpha value is -7.16. The van der Waals surface area contributed by atoms with Crippen LogP contribution in [-0.4, -0.2) is 136 Å². The second-order valence-electron chi connectivity index (χ2n) is 16.8. The molecule has 3 aliphatic heterocycles. The molecule has 6 aromatic heterocycles. The first-order chi connectivity index (χ1) is 34.2. The molecule has 11 N–H and O–H groups in total. The normalized spacial score (nSPS) is 30.0. The Morgan fingerprint density at radius 1 is 0.662 bits per heavy atom. The van der Waals surface area contributed by atoms with Crippen LogP contribution in [0.15, 0.2) is 85.7 Å². The van der Waals surface area contributed by atoms with Gasteiger partial charge in [0.1, 0.15) is 96.5 Å². The van der Waals surface area contributed by atoms with Crippen molar-refractivity contribution in [3.63, 3.8) is 0 Å². The highest BCUT2D eigenvalue weighted by molar-refractivity contribution is 6.24. The summed E-state index contributed by atoms with van der Waals surface area (Å²) in [6.07, 6.45) is -3.96. The highest BCUT2D eigenvalue weighted by Crippen LogP contribution is 2.46. The van der Waals surface area contributed by atoms with Gasteiger partial charge in [0.15, 0.2) is 17.5 Å². The number of nitrogens with zero attached hydrogens (tertiary/aromatic N) is 12. The molecule has 0 aliphatic carbocycles. The third-order valence-electron chi connectivity index (χ3n) is 12.9. The molecule has 0 unspecified atom stereocenters. The van der Waals surface area contributed by atoms with Crippen LogP contribution in [0.4, 0.5) is 17.5 Å². The van der Waals surface area contributed by atoms with E-state index in [2.05, 4.69) is 55.0 Å². The van der Waals surface area contributed by atoms with Gasteiger partial charge < -0.3 is 61.1 Å². The van der Waals surface area contributed by atoms with E-state index in [1.165, 1.54) is 40.1 Å². The predicted octanol–water partition coefficient (Wildman–Crippen LogP) is 0.331. The monoisotopic (exact) mass is 993 g/mol. The predicted molar refractivity (Wildman–Crippen MR) is 246 cm³/mol. The number of ether oxygens (including phenoxy) is 4. The molecule has 10 rings (SSSR count). The number of benzene rings is 1. The molecule has 0 spiro atoms. The van der Waals surface area contributed by atoms with Gasteiger partial charge in [-0.25, -0.2) is 28.5 Å². The molecule has 0 radical (unpaired) electrons. The molecule has 0 bridgehead atoms. The lowest BCUT2D eigenvalue weighted by molar-refractivity contribution is -0.0817. The van der Waals surface area contributed by atoms with Crippen molar-refractivity contribution in [3.05, 3.63) is 108 Å². The SMILES string of the molecule is CC[C@H]1O[C@@](C#N)(c2ccc3c(N)ncnn23)[C@H](OCc2ccccc2)[C@@H]1C.N#C[C@@]1(c2ccc3c(N)ncnn23)O[C@H](CO)[C@@H](O)[C@H]1O.N#C[C@@]1(c2ccc3c(NCl)ncnn23)O[C@H](CO)[C@@H](O)[C@H]1O. The van der Waals surface area contributed by atoms with Crippen molar-refractivity contribution in [2.75, 3.05) is 29.5 Å². The highest BCUT2D eigenvalue weighted by Gasteiger charge is 2.59. The van der Waals surface area contributed by atoms with Gasteiger partial charge >= 0.3 is 0 Å². The fourth-order valence-electron chi connectivity index (χ4n) is 9.23. The lowest BCUT2D eigenvalue weighted by Gasteiger charge is -2.28. The molecule has 71 heavy (non-hydrogen) atoms. The van der Waals surface area contributed by atoms with Crippen molar-refractivity contribution in [1.29, 1.82) is 15.8 Å². The van der Waals surface area contributed by atoms with Crippen LogP contribution in [-0.2, 0) is 42.4 Å². The number of aliphatic hydroxyl groups excluding tert-OH is 6. The maximum Gasteiger partial charge on any atom is 0.225 e. The summed E-state index contributed by atoms with van der Waals surface area (Å²) in [6, 6.07) is 25.9. The molecule has 3 aliphatic rings. The van der Waals surface area contributed by atoms with E-state index in [1.54, 1.807) is 16.6 Å². The summed E-state index contributed by atoms with van der Waals surface area (Å²) in [7, 11) is 0. The van der Waals surface area contributed by atoms with E-state index in [9.17, 15) is 46.4 Å². The third-order valence-corrected chi connectivity index (χ3v) is 13.1. The van der Waals surface area contributed by atoms with E-state index in [1.807, 2.05) is 54.6 Å². The van der Waals surface area contributed by atoms with Gasteiger partial charge in [-0.2, -0.15) is 31.1 Å². The lowest BCUT2D eigenvalue weighted by Crippen LogP contribution is -2.40. The number of aromatic nitrogens is 9. The zero-order valence-electron chi connectivity index (χ0n) is 37.8. The van der Waals surface area contributed by atoms with E-state index in [0.717, 1.165) is 12.0 Å². The van der Waals surface area contributed by atoms with Gasteiger partial charge in [-0.05, 0) is 48.4 Å². The number of hydrogen-bond donors (Lipinski definition) is 9. The molecule has 3 saturated heterocycles. The topological polar surface area (TPSA) is 384 Å². The van der Waals surface area contributed by atoms with Crippen molar-refractivity contribution in [3.8, 4) is 18.2 Å². The average Bonchev–Trinajstić information content (AvgIpc) is 4.26. The Morgan fingerprint density at radius 3 is 1.54 bits per heavy atom. The molecular weight excluding hydrogens is 946 g/mol. The second kappa shape index (κ2) is 20.3. The maximum absolute atomic E-state index is 10.3. The zero-order valence-corrected chi connectivity index (χ0v) is 38.6. The standard InChI is InChI=1S/C21H23N5O2.C12H12ClN5O4.C12H13N5O4/c1-3-17-14(2)19(27-11-15-7-5-4-6-8-15)21(12-22,28-17)18-10-9-16-20(23)24-13-25-26(16)18;13-17-11-6-1-2-8(18(6)16-5-15-11)12(4-14)10(21)9(20)7(3-19)22-12;13-4-12(10(20)9(19)7(3-18)21-12)8-2-1-6-11(14)15-5-16-17(6)8/h4-10,13-14,17,19H,3,11H2,1-2H3,(H2,23,24,25);1-2,5,7,9-10,19-21H,3H2,(H,15,16,17);1-2,5,7,9-10,18-20H,3H2,(H2,14,15,16)/t14-,17-,19-,21+;2*7-,9-,10-,12+/m111/s1. The van der Waals surface area contributed by atoms with Crippen molar-refractivity contribution in [1.82, 2.24) is 43.8 Å². The fourth-order valence-corrected chi connectivity index (χ4v) is 9.38. The van der Waals surface area contributed by atoms with Crippen LogP contribution in [0, 0.1) is 39.9 Å². The number of nitriles is 3. The van der Waals surface area contributed by atoms with Gasteiger partial charge in [-0.15, -0.1) is 0 Å². The van der Waals surface area contributed by atoms with Crippen molar-refractivity contribution in [2.24, 2.45) is 5.92 Å². The average molecular weight is 994 g/mol. The molecule has 9 heterocycles. The minimum atomic E-state index is -1.86. The minimum Gasteiger partial charge on any atom is -0.394 e. The number of hydrogen-bond acceptors (Lipinski definition) is 22. The largest absolute Gasteiger partial charge is 0.394 e. The number of nitrogens with two attached hydrogens (primary N) is 2. The van der Waals surface area contributed by atoms with Crippen LogP contribution in [0.25, 0.3) is 16.6 Å². The molecule has 26 heteroatoms. The van der Waals surface area contributed by atoms with Crippen LogP contribution >= 0.6 is 11.8 Å². The number of fused-ring (bicyclic) bond motifs is 3. The summed E-state index contributed by atoms with van der Waals surface area (Å²) in [5.74, 6) is 0.908. The number of aliphatic hydroxyl groups is 6. The first-order valence-corrected chi connectivity index (χ1v) is 22.4. The van der Waals surface area contributed by atoms with Crippen LogP contribution in [0.1, 0.15) is 42.9 Å². The van der Waals surface area contributed by atoms with Crippen molar-refractivity contribution < 1.29 is 49.6 Å². The van der Waals surface area contributed by atoms with Crippen LogP contribution < -0.4 is 16.3 Å². The Balaban J connectivity index is 0.000000145. The van der Waals surface area contributed by atoms with E-state index < -0.39 is 72.7 Å². The zero-order chi connectivity index (χ0) is 50.8. The number of anilines is 3. The van der Waals surface area contributed by atoms with E-state index >= 15 is 0 Å². The number of rotatable bonds is 10.